The second kappa shape index (κ2) is 5.72. The van der Waals surface area contributed by atoms with Crippen molar-refractivity contribution in [1.82, 2.24) is 9.88 Å². The van der Waals surface area contributed by atoms with Crippen LogP contribution in [0.1, 0.15) is 41.4 Å². The molecule has 1 aromatic carbocycles. The molecule has 3 N–H and O–H groups in total. The van der Waals surface area contributed by atoms with Crippen LogP contribution in [-0.4, -0.2) is 34.3 Å². The molecule has 1 fully saturated rings. The summed E-state index contributed by atoms with van der Waals surface area (Å²) in [5.74, 6) is -0.582. The van der Waals surface area contributed by atoms with Crippen LogP contribution in [-0.2, 0) is 4.79 Å². The summed E-state index contributed by atoms with van der Waals surface area (Å²) in [6.07, 6.45) is 1.57. The van der Waals surface area contributed by atoms with Gasteiger partial charge in [0.1, 0.15) is 0 Å². The number of nitrogens with two attached hydrogens (primary N) is 1. The first-order valence-corrected chi connectivity index (χ1v) is 8.07. The highest BCUT2D eigenvalue weighted by molar-refractivity contribution is 5.99. The van der Waals surface area contributed by atoms with E-state index in [4.69, 9.17) is 5.73 Å². The van der Waals surface area contributed by atoms with Gasteiger partial charge < -0.3 is 15.6 Å². The molecule has 2 atom stereocenters. The average Bonchev–Trinajstić information content (AvgIpc) is 2.81. The molecule has 5 nitrogen and oxygen atoms in total. The Kier molecular flexibility index (Phi) is 3.88. The van der Waals surface area contributed by atoms with Gasteiger partial charge in [-0.25, -0.2) is 0 Å². The minimum absolute atomic E-state index is 0.0244. The third-order valence-electron chi connectivity index (χ3n) is 5.10. The van der Waals surface area contributed by atoms with Crippen LogP contribution in [0.25, 0.3) is 10.9 Å². The summed E-state index contributed by atoms with van der Waals surface area (Å²) in [5, 5.41) is 1.07. The largest absolute Gasteiger partial charge is 0.369 e. The summed E-state index contributed by atoms with van der Waals surface area (Å²) in [6, 6.07) is 5.86. The highest BCUT2D eigenvalue weighted by Crippen LogP contribution is 2.26. The lowest BCUT2D eigenvalue weighted by atomic mass is 9.92. The van der Waals surface area contributed by atoms with Crippen LogP contribution >= 0.6 is 0 Å². The Morgan fingerprint density at radius 2 is 2.00 bits per heavy atom. The monoisotopic (exact) mass is 313 g/mol. The van der Waals surface area contributed by atoms with Crippen molar-refractivity contribution < 1.29 is 9.59 Å². The lowest BCUT2D eigenvalue weighted by Gasteiger charge is -2.37. The van der Waals surface area contributed by atoms with E-state index in [2.05, 4.69) is 11.9 Å². The molecule has 0 unspecified atom stereocenters. The SMILES string of the molecule is Cc1[nH]c2ccc(C(=O)N3C[C@@H](C(N)=O)CC[C@H]3C)cc2c1C. The van der Waals surface area contributed by atoms with Crippen molar-refractivity contribution in [3.8, 4) is 0 Å². The number of carbonyl (C=O) groups is 2. The molecule has 1 saturated heterocycles. The van der Waals surface area contributed by atoms with E-state index in [9.17, 15) is 9.59 Å². The van der Waals surface area contributed by atoms with Crippen LogP contribution in [0.3, 0.4) is 0 Å². The lowest BCUT2D eigenvalue weighted by Crippen LogP contribution is -2.48. The van der Waals surface area contributed by atoms with Crippen LogP contribution < -0.4 is 5.73 Å². The molecule has 1 aromatic heterocycles. The van der Waals surface area contributed by atoms with Gasteiger partial charge in [0.2, 0.25) is 5.91 Å². The predicted octanol–water partition coefficient (Wildman–Crippen LogP) is 2.51. The van der Waals surface area contributed by atoms with Gasteiger partial charge in [0.15, 0.2) is 0 Å². The second-order valence-electron chi connectivity index (χ2n) is 6.62. The molecule has 3 rings (SSSR count). The van der Waals surface area contributed by atoms with Crippen molar-refractivity contribution in [2.75, 3.05) is 6.54 Å². The Morgan fingerprint density at radius 3 is 2.70 bits per heavy atom. The number of carbonyl (C=O) groups excluding carboxylic acids is 2. The van der Waals surface area contributed by atoms with Crippen LogP contribution in [0.4, 0.5) is 0 Å². The van der Waals surface area contributed by atoms with Gasteiger partial charge in [-0.2, -0.15) is 0 Å². The summed E-state index contributed by atoms with van der Waals surface area (Å²) >= 11 is 0. The standard InChI is InChI=1S/C18H23N3O2/c1-10-4-5-14(17(19)22)9-21(10)18(23)13-6-7-16-15(8-13)11(2)12(3)20-16/h6-8,10,14,20H,4-5,9H2,1-3H3,(H2,19,22)/t10-,14+/m1/s1. The maximum atomic E-state index is 12.9. The molecule has 23 heavy (non-hydrogen) atoms. The first-order valence-electron chi connectivity index (χ1n) is 8.07. The van der Waals surface area contributed by atoms with Gasteiger partial charge in [0, 0.05) is 34.7 Å². The zero-order valence-corrected chi connectivity index (χ0v) is 13.8. The minimum atomic E-state index is -0.317. The quantitative estimate of drug-likeness (QED) is 0.893. The molecule has 0 radical (unpaired) electrons. The van der Waals surface area contributed by atoms with E-state index < -0.39 is 0 Å². The van der Waals surface area contributed by atoms with Gasteiger partial charge in [0.25, 0.3) is 5.91 Å². The van der Waals surface area contributed by atoms with E-state index in [1.165, 1.54) is 0 Å². The molecule has 0 saturated carbocycles. The van der Waals surface area contributed by atoms with Crippen LogP contribution in [0.2, 0.25) is 0 Å². The Balaban J connectivity index is 1.92. The predicted molar refractivity (Wildman–Crippen MR) is 90.2 cm³/mol. The van der Waals surface area contributed by atoms with Gasteiger partial charge >= 0.3 is 0 Å². The van der Waals surface area contributed by atoms with E-state index in [0.29, 0.717) is 12.1 Å². The molecular weight excluding hydrogens is 290 g/mol. The molecular formula is C18H23N3O2. The number of hydrogen-bond acceptors (Lipinski definition) is 2. The number of fused-ring (bicyclic) bond motifs is 1. The van der Waals surface area contributed by atoms with Gasteiger partial charge in [-0.3, -0.25) is 9.59 Å². The molecule has 0 bridgehead atoms. The molecule has 0 aliphatic carbocycles. The number of rotatable bonds is 2. The van der Waals surface area contributed by atoms with Crippen molar-refractivity contribution in [3.63, 3.8) is 0 Å². The summed E-state index contributed by atoms with van der Waals surface area (Å²) < 4.78 is 0. The second-order valence-corrected chi connectivity index (χ2v) is 6.62. The Morgan fingerprint density at radius 1 is 1.26 bits per heavy atom. The van der Waals surface area contributed by atoms with Crippen molar-refractivity contribution in [1.29, 1.82) is 0 Å². The third-order valence-corrected chi connectivity index (χ3v) is 5.10. The molecule has 5 heteroatoms. The molecule has 2 aromatic rings. The number of hydrogen-bond donors (Lipinski definition) is 2. The number of piperidine rings is 1. The van der Waals surface area contributed by atoms with Crippen LogP contribution in [0, 0.1) is 19.8 Å². The van der Waals surface area contributed by atoms with Crippen LogP contribution in [0.5, 0.6) is 0 Å². The maximum absolute atomic E-state index is 12.9. The fourth-order valence-electron chi connectivity index (χ4n) is 3.38. The number of nitrogens with one attached hydrogen (secondary N) is 1. The number of primary amides is 1. The van der Waals surface area contributed by atoms with Crippen molar-refractivity contribution >= 4 is 22.7 Å². The number of benzene rings is 1. The van der Waals surface area contributed by atoms with Gasteiger partial charge in [-0.1, -0.05) is 0 Å². The highest BCUT2D eigenvalue weighted by atomic mass is 16.2. The lowest BCUT2D eigenvalue weighted by molar-refractivity contribution is -0.123. The molecule has 2 heterocycles. The molecule has 2 amide bonds. The van der Waals surface area contributed by atoms with E-state index in [-0.39, 0.29) is 23.8 Å². The van der Waals surface area contributed by atoms with E-state index in [1.54, 1.807) is 4.90 Å². The fraction of sp³-hybridized carbons (Fsp3) is 0.444. The van der Waals surface area contributed by atoms with Gasteiger partial charge in [0.05, 0.1) is 5.92 Å². The van der Waals surface area contributed by atoms with E-state index >= 15 is 0 Å². The summed E-state index contributed by atoms with van der Waals surface area (Å²) in [5.41, 5.74) is 9.41. The minimum Gasteiger partial charge on any atom is -0.369 e. The summed E-state index contributed by atoms with van der Waals surface area (Å²) in [6.45, 7) is 6.52. The molecule has 122 valence electrons. The first-order chi connectivity index (χ1) is 10.9. The molecule has 1 aliphatic rings. The zero-order chi connectivity index (χ0) is 16.7. The highest BCUT2D eigenvalue weighted by Gasteiger charge is 2.32. The van der Waals surface area contributed by atoms with Crippen molar-refractivity contribution in [2.45, 2.75) is 39.7 Å². The molecule has 1 aliphatic heterocycles. The molecule has 0 spiro atoms. The summed E-state index contributed by atoms with van der Waals surface area (Å²) in [4.78, 5) is 29.5. The smallest absolute Gasteiger partial charge is 0.254 e. The number of H-pyrrole nitrogens is 1. The zero-order valence-electron chi connectivity index (χ0n) is 13.8. The van der Waals surface area contributed by atoms with Crippen molar-refractivity contribution in [2.24, 2.45) is 11.7 Å². The number of amides is 2. The topological polar surface area (TPSA) is 79.2 Å². The Bertz CT molecular complexity index is 778. The number of aromatic amines is 1. The third kappa shape index (κ3) is 2.71. The normalized spacial score (nSPS) is 21.6. The number of likely N-dealkylation sites (tertiary alicyclic amines) is 1. The maximum Gasteiger partial charge on any atom is 0.254 e. The number of aromatic nitrogens is 1. The fourth-order valence-corrected chi connectivity index (χ4v) is 3.38. The summed E-state index contributed by atoms with van der Waals surface area (Å²) in [7, 11) is 0. The first kappa shape index (κ1) is 15.6. The van der Waals surface area contributed by atoms with Gasteiger partial charge in [-0.05, 0) is 57.4 Å². The number of aryl methyl sites for hydroxylation is 2. The number of nitrogens with zero attached hydrogens (tertiary/aromatic N) is 1. The Labute approximate surface area is 135 Å². The van der Waals surface area contributed by atoms with Crippen LogP contribution in [0.15, 0.2) is 18.2 Å². The van der Waals surface area contributed by atoms with Gasteiger partial charge in [-0.15, -0.1) is 0 Å². The van der Waals surface area contributed by atoms with E-state index in [0.717, 1.165) is 35.0 Å². The Hall–Kier alpha value is -2.30. The average molecular weight is 313 g/mol. The van der Waals surface area contributed by atoms with E-state index in [1.807, 2.05) is 32.0 Å². The van der Waals surface area contributed by atoms with Crippen molar-refractivity contribution in [3.05, 3.63) is 35.0 Å².